The molecule has 1 nitrogen and oxygen atoms in total. The minimum Gasteiger partial charge on any atom is -0.280 e. The van der Waals surface area contributed by atoms with Crippen molar-refractivity contribution in [2.75, 3.05) is 6.54 Å². The first-order valence-electron chi connectivity index (χ1n) is 6.04. The number of benzene rings is 1. The molecular weight excluding hydrogens is 230 g/mol. The number of nitrogens with zero attached hydrogens (tertiary/aromatic N) is 1. The zero-order valence-corrected chi connectivity index (χ0v) is 11.0. The van der Waals surface area contributed by atoms with Gasteiger partial charge in [0.25, 0.3) is 0 Å². The molecule has 1 aromatic carbocycles. The standard InChI is InChI=1S/C15H18ClN/c1-2-3-4-5-6-9-12-17-13-14-10-7-8-11-15(14)16/h7-8,10-11,13H,2-5,12H2,1H3/b17-13+. The summed E-state index contributed by atoms with van der Waals surface area (Å²) < 4.78 is 0. The first-order chi connectivity index (χ1) is 8.34. The van der Waals surface area contributed by atoms with Crippen LogP contribution in [0.2, 0.25) is 5.02 Å². The molecule has 0 saturated heterocycles. The van der Waals surface area contributed by atoms with Crippen LogP contribution >= 0.6 is 11.6 Å². The van der Waals surface area contributed by atoms with Crippen molar-refractivity contribution in [1.82, 2.24) is 0 Å². The van der Waals surface area contributed by atoms with Crippen molar-refractivity contribution < 1.29 is 0 Å². The highest BCUT2D eigenvalue weighted by Crippen LogP contribution is 2.12. The fraction of sp³-hybridized carbons (Fsp3) is 0.400. The molecule has 0 saturated carbocycles. The van der Waals surface area contributed by atoms with E-state index >= 15 is 0 Å². The third kappa shape index (κ3) is 6.14. The number of rotatable bonds is 5. The summed E-state index contributed by atoms with van der Waals surface area (Å²) in [5, 5.41) is 0.729. The van der Waals surface area contributed by atoms with Gasteiger partial charge in [-0.15, -0.1) is 5.92 Å². The van der Waals surface area contributed by atoms with Crippen LogP contribution in [-0.4, -0.2) is 12.8 Å². The molecule has 0 atom stereocenters. The van der Waals surface area contributed by atoms with E-state index in [-0.39, 0.29) is 0 Å². The van der Waals surface area contributed by atoms with Crippen molar-refractivity contribution in [3.05, 3.63) is 34.9 Å². The van der Waals surface area contributed by atoms with Gasteiger partial charge in [-0.05, 0) is 12.5 Å². The highest BCUT2D eigenvalue weighted by Gasteiger charge is 1.92. The molecule has 0 spiro atoms. The molecule has 0 unspecified atom stereocenters. The van der Waals surface area contributed by atoms with Gasteiger partial charge in [0.15, 0.2) is 0 Å². The smallest absolute Gasteiger partial charge is 0.0997 e. The minimum atomic E-state index is 0.553. The molecule has 2 heteroatoms. The van der Waals surface area contributed by atoms with Gasteiger partial charge in [0.05, 0.1) is 6.54 Å². The van der Waals surface area contributed by atoms with E-state index in [1.54, 1.807) is 6.21 Å². The van der Waals surface area contributed by atoms with Gasteiger partial charge in [0.2, 0.25) is 0 Å². The summed E-state index contributed by atoms with van der Waals surface area (Å²) >= 11 is 5.99. The summed E-state index contributed by atoms with van der Waals surface area (Å²) in [6.07, 6.45) is 6.46. The number of unbranched alkanes of at least 4 members (excludes halogenated alkanes) is 3. The van der Waals surface area contributed by atoms with E-state index in [9.17, 15) is 0 Å². The van der Waals surface area contributed by atoms with Crippen LogP contribution in [0.4, 0.5) is 0 Å². The van der Waals surface area contributed by atoms with Crippen molar-refractivity contribution >= 4 is 17.8 Å². The second-order valence-electron chi connectivity index (χ2n) is 3.80. The zero-order chi connectivity index (χ0) is 12.3. The van der Waals surface area contributed by atoms with Gasteiger partial charge >= 0.3 is 0 Å². The quantitative estimate of drug-likeness (QED) is 0.417. The largest absolute Gasteiger partial charge is 0.280 e. The first kappa shape index (κ1) is 13.8. The van der Waals surface area contributed by atoms with Crippen molar-refractivity contribution in [2.45, 2.75) is 32.6 Å². The first-order valence-corrected chi connectivity index (χ1v) is 6.42. The Hall–Kier alpha value is -1.26. The zero-order valence-electron chi connectivity index (χ0n) is 10.2. The second kappa shape index (κ2) is 8.84. The molecule has 1 aromatic rings. The van der Waals surface area contributed by atoms with Crippen molar-refractivity contribution in [3.8, 4) is 11.8 Å². The normalized spacial score (nSPS) is 10.2. The number of halogens is 1. The van der Waals surface area contributed by atoms with Crippen LogP contribution in [0.3, 0.4) is 0 Å². The van der Waals surface area contributed by atoms with Crippen LogP contribution in [0.15, 0.2) is 29.3 Å². The monoisotopic (exact) mass is 247 g/mol. The lowest BCUT2D eigenvalue weighted by Gasteiger charge is -1.94. The average Bonchev–Trinajstić information content (AvgIpc) is 2.35. The number of hydrogen-bond donors (Lipinski definition) is 0. The highest BCUT2D eigenvalue weighted by molar-refractivity contribution is 6.33. The van der Waals surface area contributed by atoms with Crippen LogP contribution in [0.5, 0.6) is 0 Å². The van der Waals surface area contributed by atoms with E-state index in [1.165, 1.54) is 19.3 Å². The maximum atomic E-state index is 5.99. The van der Waals surface area contributed by atoms with E-state index in [0.29, 0.717) is 6.54 Å². The molecule has 0 bridgehead atoms. The molecule has 0 radical (unpaired) electrons. The van der Waals surface area contributed by atoms with Gasteiger partial charge in [-0.1, -0.05) is 55.5 Å². The van der Waals surface area contributed by atoms with E-state index < -0.39 is 0 Å². The van der Waals surface area contributed by atoms with Crippen LogP contribution in [0.1, 0.15) is 38.2 Å². The Balaban J connectivity index is 2.29. The average molecular weight is 248 g/mol. The Morgan fingerprint density at radius 2 is 2.06 bits per heavy atom. The third-order valence-electron chi connectivity index (χ3n) is 2.34. The van der Waals surface area contributed by atoms with E-state index in [4.69, 9.17) is 11.6 Å². The van der Waals surface area contributed by atoms with Crippen molar-refractivity contribution in [2.24, 2.45) is 4.99 Å². The topological polar surface area (TPSA) is 12.4 Å². The molecule has 0 aliphatic rings. The Labute approximate surface area is 109 Å². The summed E-state index contributed by atoms with van der Waals surface area (Å²) in [5.74, 6) is 6.17. The third-order valence-corrected chi connectivity index (χ3v) is 2.68. The molecule has 1 rings (SSSR count). The van der Waals surface area contributed by atoms with Crippen LogP contribution < -0.4 is 0 Å². The molecule has 17 heavy (non-hydrogen) atoms. The van der Waals surface area contributed by atoms with Gasteiger partial charge in [0, 0.05) is 23.2 Å². The van der Waals surface area contributed by atoms with Gasteiger partial charge in [-0.2, -0.15) is 0 Å². The lowest BCUT2D eigenvalue weighted by molar-refractivity contribution is 0.737. The fourth-order valence-corrected chi connectivity index (χ4v) is 1.56. The minimum absolute atomic E-state index is 0.553. The second-order valence-corrected chi connectivity index (χ2v) is 4.21. The summed E-state index contributed by atoms with van der Waals surface area (Å²) in [6.45, 7) is 2.75. The van der Waals surface area contributed by atoms with E-state index in [2.05, 4.69) is 23.8 Å². The van der Waals surface area contributed by atoms with Crippen molar-refractivity contribution in [1.29, 1.82) is 0 Å². The van der Waals surface area contributed by atoms with Crippen molar-refractivity contribution in [3.63, 3.8) is 0 Å². The molecule has 0 amide bonds. The Morgan fingerprint density at radius 1 is 1.24 bits per heavy atom. The SMILES string of the molecule is CCCCCC#CC/N=C/c1ccccc1Cl. The molecule has 0 aromatic heterocycles. The summed E-state index contributed by atoms with van der Waals surface area (Å²) in [6, 6.07) is 7.66. The number of hydrogen-bond acceptors (Lipinski definition) is 1. The highest BCUT2D eigenvalue weighted by atomic mass is 35.5. The van der Waals surface area contributed by atoms with Gasteiger partial charge in [0.1, 0.15) is 0 Å². The molecule has 0 fully saturated rings. The van der Waals surface area contributed by atoms with E-state index in [0.717, 1.165) is 17.0 Å². The molecule has 90 valence electrons. The lowest BCUT2D eigenvalue weighted by Crippen LogP contribution is -1.83. The number of aliphatic imine (C=N–C) groups is 1. The molecule has 0 aliphatic carbocycles. The molecule has 0 aliphatic heterocycles. The summed E-state index contributed by atoms with van der Waals surface area (Å²) in [4.78, 5) is 4.24. The fourth-order valence-electron chi connectivity index (χ4n) is 1.38. The van der Waals surface area contributed by atoms with Gasteiger partial charge < -0.3 is 0 Å². The Morgan fingerprint density at radius 3 is 2.82 bits per heavy atom. The predicted molar refractivity (Wildman–Crippen MR) is 75.8 cm³/mol. The summed E-state index contributed by atoms with van der Waals surface area (Å²) in [5.41, 5.74) is 0.946. The molecule has 0 heterocycles. The maximum Gasteiger partial charge on any atom is 0.0997 e. The maximum absolute atomic E-state index is 5.99. The predicted octanol–water partition coefficient (Wildman–Crippen LogP) is 4.34. The van der Waals surface area contributed by atoms with E-state index in [1.807, 2.05) is 24.3 Å². The van der Waals surface area contributed by atoms with Gasteiger partial charge in [-0.25, -0.2) is 0 Å². The van der Waals surface area contributed by atoms with Crippen LogP contribution in [0.25, 0.3) is 0 Å². The molecular formula is C15H18ClN. The summed E-state index contributed by atoms with van der Waals surface area (Å²) in [7, 11) is 0. The lowest BCUT2D eigenvalue weighted by atomic mass is 10.2. The molecule has 0 N–H and O–H groups in total. The Kier molecular flexibility index (Phi) is 7.18. The van der Waals surface area contributed by atoms with Crippen LogP contribution in [-0.2, 0) is 0 Å². The van der Waals surface area contributed by atoms with Gasteiger partial charge in [-0.3, -0.25) is 4.99 Å². The Bertz CT molecular complexity index is 412. The van der Waals surface area contributed by atoms with Crippen LogP contribution in [0, 0.1) is 11.8 Å².